The Hall–Kier alpha value is -1.45. The van der Waals surface area contributed by atoms with E-state index in [0.717, 1.165) is 19.5 Å². The van der Waals surface area contributed by atoms with Crippen LogP contribution in [0.25, 0.3) is 0 Å². The van der Waals surface area contributed by atoms with Crippen molar-refractivity contribution in [3.8, 4) is 5.75 Å². The maximum Gasteiger partial charge on any atom is 0.115 e. The third kappa shape index (κ3) is 3.11. The molecule has 2 nitrogen and oxygen atoms in total. The standard InChI is InChI=1S/C16H17NOS/c18-14-7-5-12(6-8-14)10-17-11-15-9-13-3-1-2-4-16(13)19-15/h1-8,15,17-18H,9-11H2. The Balaban J connectivity index is 1.48. The van der Waals surface area contributed by atoms with E-state index in [1.165, 1.54) is 16.0 Å². The van der Waals surface area contributed by atoms with Crippen molar-refractivity contribution >= 4 is 11.8 Å². The van der Waals surface area contributed by atoms with E-state index in [9.17, 15) is 5.11 Å². The molecule has 3 heteroatoms. The van der Waals surface area contributed by atoms with Gasteiger partial charge in [0.15, 0.2) is 0 Å². The van der Waals surface area contributed by atoms with Gasteiger partial charge in [0.25, 0.3) is 0 Å². The molecule has 1 aliphatic rings. The minimum Gasteiger partial charge on any atom is -0.508 e. The Labute approximate surface area is 117 Å². The largest absolute Gasteiger partial charge is 0.508 e. The first-order valence-corrected chi connectivity index (χ1v) is 7.42. The molecule has 0 bridgehead atoms. The molecular weight excluding hydrogens is 254 g/mol. The summed E-state index contributed by atoms with van der Waals surface area (Å²) >= 11 is 1.97. The van der Waals surface area contributed by atoms with Gasteiger partial charge in [0.2, 0.25) is 0 Å². The van der Waals surface area contributed by atoms with Crippen molar-refractivity contribution in [2.24, 2.45) is 0 Å². The maximum absolute atomic E-state index is 9.23. The second kappa shape index (κ2) is 5.68. The number of nitrogens with one attached hydrogen (secondary N) is 1. The predicted octanol–water partition coefficient (Wildman–Crippen LogP) is 3.20. The van der Waals surface area contributed by atoms with Crippen LogP contribution in [-0.2, 0) is 13.0 Å². The number of hydrogen-bond donors (Lipinski definition) is 2. The van der Waals surface area contributed by atoms with Crippen LogP contribution in [0.15, 0.2) is 53.4 Å². The van der Waals surface area contributed by atoms with Crippen LogP contribution in [-0.4, -0.2) is 16.9 Å². The van der Waals surface area contributed by atoms with Gasteiger partial charge in [0.1, 0.15) is 5.75 Å². The monoisotopic (exact) mass is 271 g/mol. The summed E-state index contributed by atoms with van der Waals surface area (Å²) in [7, 11) is 0. The number of phenols is 1. The van der Waals surface area contributed by atoms with Crippen LogP contribution in [0.3, 0.4) is 0 Å². The molecule has 98 valence electrons. The number of rotatable bonds is 4. The highest BCUT2D eigenvalue weighted by molar-refractivity contribution is 8.00. The van der Waals surface area contributed by atoms with E-state index < -0.39 is 0 Å². The summed E-state index contributed by atoms with van der Waals surface area (Å²) in [6, 6.07) is 16.0. The van der Waals surface area contributed by atoms with Crippen LogP contribution in [0.4, 0.5) is 0 Å². The molecule has 0 amide bonds. The first-order chi connectivity index (χ1) is 9.31. The van der Waals surface area contributed by atoms with E-state index in [1.807, 2.05) is 23.9 Å². The van der Waals surface area contributed by atoms with Crippen molar-refractivity contribution in [2.75, 3.05) is 6.54 Å². The summed E-state index contributed by atoms with van der Waals surface area (Å²) in [5.74, 6) is 0.325. The molecule has 0 saturated heterocycles. The lowest BCUT2D eigenvalue weighted by Crippen LogP contribution is -2.23. The average Bonchev–Trinajstić information content (AvgIpc) is 2.83. The lowest BCUT2D eigenvalue weighted by molar-refractivity contribution is 0.475. The van der Waals surface area contributed by atoms with Crippen LogP contribution >= 0.6 is 11.8 Å². The molecule has 1 heterocycles. The summed E-state index contributed by atoms with van der Waals surface area (Å²) in [5.41, 5.74) is 2.68. The zero-order chi connectivity index (χ0) is 13.1. The van der Waals surface area contributed by atoms with Crippen molar-refractivity contribution in [3.05, 3.63) is 59.7 Å². The molecule has 1 aliphatic heterocycles. The fourth-order valence-electron chi connectivity index (χ4n) is 2.36. The zero-order valence-electron chi connectivity index (χ0n) is 10.7. The molecule has 2 aromatic rings. The quantitative estimate of drug-likeness (QED) is 0.895. The average molecular weight is 271 g/mol. The molecular formula is C16H17NOS. The summed E-state index contributed by atoms with van der Waals surface area (Å²) in [6.45, 7) is 1.87. The molecule has 0 aliphatic carbocycles. The molecule has 0 spiro atoms. The number of hydrogen-bond acceptors (Lipinski definition) is 3. The lowest BCUT2D eigenvalue weighted by Gasteiger charge is -2.10. The van der Waals surface area contributed by atoms with Gasteiger partial charge in [0, 0.05) is 23.2 Å². The molecule has 2 aromatic carbocycles. The minimum atomic E-state index is 0.325. The highest BCUT2D eigenvalue weighted by Gasteiger charge is 2.20. The molecule has 3 rings (SSSR count). The molecule has 19 heavy (non-hydrogen) atoms. The highest BCUT2D eigenvalue weighted by atomic mass is 32.2. The van der Waals surface area contributed by atoms with Gasteiger partial charge in [-0.3, -0.25) is 0 Å². The van der Waals surface area contributed by atoms with Crippen molar-refractivity contribution in [1.29, 1.82) is 0 Å². The third-order valence-corrected chi connectivity index (χ3v) is 4.67. The number of phenolic OH excluding ortho intramolecular Hbond substituents is 1. The van der Waals surface area contributed by atoms with Gasteiger partial charge in [-0.25, -0.2) is 0 Å². The van der Waals surface area contributed by atoms with E-state index in [0.29, 0.717) is 11.0 Å². The van der Waals surface area contributed by atoms with Crippen molar-refractivity contribution in [1.82, 2.24) is 5.32 Å². The SMILES string of the molecule is Oc1ccc(CNCC2Cc3ccccc3S2)cc1. The molecule has 0 saturated carbocycles. The Morgan fingerprint density at radius 1 is 1.11 bits per heavy atom. The zero-order valence-corrected chi connectivity index (χ0v) is 11.5. The van der Waals surface area contributed by atoms with E-state index in [-0.39, 0.29) is 0 Å². The van der Waals surface area contributed by atoms with E-state index >= 15 is 0 Å². The molecule has 0 aromatic heterocycles. The number of fused-ring (bicyclic) bond motifs is 1. The number of aromatic hydroxyl groups is 1. The number of thioether (sulfide) groups is 1. The van der Waals surface area contributed by atoms with Crippen molar-refractivity contribution in [2.45, 2.75) is 23.1 Å². The minimum absolute atomic E-state index is 0.325. The maximum atomic E-state index is 9.23. The third-order valence-electron chi connectivity index (χ3n) is 3.35. The van der Waals surface area contributed by atoms with Gasteiger partial charge in [-0.2, -0.15) is 0 Å². The van der Waals surface area contributed by atoms with Gasteiger partial charge < -0.3 is 10.4 Å². The second-order valence-corrected chi connectivity index (χ2v) is 6.19. The van der Waals surface area contributed by atoms with Crippen LogP contribution < -0.4 is 5.32 Å². The van der Waals surface area contributed by atoms with Crippen LogP contribution in [0, 0.1) is 0 Å². The van der Waals surface area contributed by atoms with Crippen molar-refractivity contribution < 1.29 is 5.11 Å². The van der Waals surface area contributed by atoms with Gasteiger partial charge >= 0.3 is 0 Å². The molecule has 1 atom stereocenters. The first-order valence-electron chi connectivity index (χ1n) is 6.54. The lowest BCUT2D eigenvalue weighted by atomic mass is 10.1. The van der Waals surface area contributed by atoms with Crippen LogP contribution in [0.2, 0.25) is 0 Å². The van der Waals surface area contributed by atoms with Gasteiger partial charge in [-0.05, 0) is 35.7 Å². The van der Waals surface area contributed by atoms with E-state index in [2.05, 4.69) is 29.6 Å². The Kier molecular flexibility index (Phi) is 3.76. The summed E-state index contributed by atoms with van der Waals surface area (Å²) < 4.78 is 0. The van der Waals surface area contributed by atoms with Gasteiger partial charge in [0.05, 0.1) is 0 Å². The van der Waals surface area contributed by atoms with E-state index in [1.54, 1.807) is 12.1 Å². The van der Waals surface area contributed by atoms with Gasteiger partial charge in [-0.15, -0.1) is 11.8 Å². The van der Waals surface area contributed by atoms with Gasteiger partial charge in [-0.1, -0.05) is 30.3 Å². The van der Waals surface area contributed by atoms with Crippen molar-refractivity contribution in [3.63, 3.8) is 0 Å². The summed E-state index contributed by atoms with van der Waals surface area (Å²) in [5, 5.41) is 13.4. The smallest absolute Gasteiger partial charge is 0.115 e. The fraction of sp³-hybridized carbons (Fsp3) is 0.250. The Bertz CT molecular complexity index is 528. The fourth-order valence-corrected chi connectivity index (χ4v) is 3.64. The Morgan fingerprint density at radius 2 is 1.89 bits per heavy atom. The molecule has 0 radical (unpaired) electrons. The summed E-state index contributed by atoms with van der Waals surface area (Å²) in [6.07, 6.45) is 1.16. The second-order valence-electron chi connectivity index (χ2n) is 4.85. The Morgan fingerprint density at radius 3 is 2.68 bits per heavy atom. The topological polar surface area (TPSA) is 32.3 Å². The van der Waals surface area contributed by atoms with Crippen LogP contribution in [0.5, 0.6) is 5.75 Å². The first kappa shape index (κ1) is 12.6. The summed E-state index contributed by atoms with van der Waals surface area (Å²) in [4.78, 5) is 1.43. The van der Waals surface area contributed by atoms with Crippen LogP contribution in [0.1, 0.15) is 11.1 Å². The molecule has 0 fully saturated rings. The highest BCUT2D eigenvalue weighted by Crippen LogP contribution is 2.36. The molecule has 1 unspecified atom stereocenters. The normalized spacial score (nSPS) is 17.4. The molecule has 2 N–H and O–H groups in total. The number of benzene rings is 2. The predicted molar refractivity (Wildman–Crippen MR) is 79.6 cm³/mol. The van der Waals surface area contributed by atoms with E-state index in [4.69, 9.17) is 0 Å².